The minimum atomic E-state index is 0.879. The molecule has 0 amide bonds. The van der Waals surface area contributed by atoms with Gasteiger partial charge in [-0.3, -0.25) is 0 Å². The molecule has 0 saturated heterocycles. The van der Waals surface area contributed by atoms with Crippen LogP contribution in [0.25, 0.3) is 297 Å². The van der Waals surface area contributed by atoms with Gasteiger partial charge in [0.2, 0.25) is 0 Å². The van der Waals surface area contributed by atoms with E-state index >= 15 is 0 Å². The number of furan rings is 6. The summed E-state index contributed by atoms with van der Waals surface area (Å²) in [6, 6.07) is 168. The topological polar surface area (TPSA) is 98.6 Å². The second kappa shape index (κ2) is 31.2. The van der Waals surface area contributed by atoms with E-state index < -0.39 is 0 Å². The lowest BCUT2D eigenvalue weighted by atomic mass is 9.98. The predicted octanol–water partition coefficient (Wildman–Crippen LogP) is 37.2. The van der Waals surface area contributed by atoms with Crippen molar-refractivity contribution in [3.8, 4) is 78.4 Å². The van der Waals surface area contributed by atoms with E-state index in [1.165, 1.54) is 104 Å². The van der Waals surface area contributed by atoms with Crippen LogP contribution in [0.4, 0.5) is 0 Å². The largest absolute Gasteiger partial charge is 0.456 e. The summed E-state index contributed by atoms with van der Waals surface area (Å²) in [5.74, 6) is 0. The minimum absolute atomic E-state index is 0.879. The fourth-order valence-electron chi connectivity index (χ4n) is 22.7. The Morgan fingerprint density at radius 1 is 0.120 bits per heavy atom. The summed E-state index contributed by atoms with van der Waals surface area (Å²) in [6.07, 6.45) is 0. The molecule has 0 aliphatic heterocycles. The maximum Gasteiger partial charge on any atom is 0.159 e. The van der Waals surface area contributed by atoms with Crippen LogP contribution in [0, 0.1) is 0 Å². The molecule has 10 heteroatoms. The first-order chi connectivity index (χ1) is 70.4. The maximum atomic E-state index is 6.61. The molecule has 142 heavy (non-hydrogen) atoms. The van der Waals surface area contributed by atoms with E-state index in [0.717, 1.165) is 193 Å². The third-order valence-electron chi connectivity index (χ3n) is 29.4. The summed E-state index contributed by atoms with van der Waals surface area (Å²) in [4.78, 5) is 0. The normalized spacial score (nSPS) is 12.1. The lowest BCUT2D eigenvalue weighted by Gasteiger charge is -2.10. The molecule has 0 aliphatic carbocycles. The van der Waals surface area contributed by atoms with Crippen LogP contribution >= 0.6 is 0 Å². The molecular weight excluding hydrogens is 1740 g/mol. The molecular formula is C132H78N4O6. The Hall–Kier alpha value is -19.2. The Morgan fingerprint density at radius 2 is 0.380 bits per heavy atom. The van der Waals surface area contributed by atoms with Crippen molar-refractivity contribution in [3.63, 3.8) is 0 Å². The summed E-state index contributed by atoms with van der Waals surface area (Å²) in [5, 5.41) is 23.2. The van der Waals surface area contributed by atoms with Crippen LogP contribution < -0.4 is 0 Å². The molecule has 22 aromatic carbocycles. The molecule has 0 aliphatic rings. The molecule has 0 saturated carbocycles. The van der Waals surface area contributed by atoms with Gasteiger partial charge in [0.05, 0.1) is 49.8 Å². The molecule has 0 atom stereocenters. The summed E-state index contributed by atoms with van der Waals surface area (Å²) in [7, 11) is 0. The van der Waals surface area contributed by atoms with E-state index in [4.69, 9.17) is 26.5 Å². The highest BCUT2D eigenvalue weighted by atomic mass is 16.3. The zero-order valence-corrected chi connectivity index (χ0v) is 76.3. The number of aromatic nitrogens is 4. The fraction of sp³-hybridized carbons (Fsp3) is 0. The molecule has 662 valence electrons. The van der Waals surface area contributed by atoms with Gasteiger partial charge in [0.1, 0.15) is 61.4 Å². The van der Waals surface area contributed by atoms with Crippen molar-refractivity contribution in [2.24, 2.45) is 0 Å². The second-order valence-corrected chi connectivity index (χ2v) is 37.2. The highest BCUT2D eigenvalue weighted by Gasteiger charge is 2.26. The Bertz CT molecular complexity index is 10800. The Labute approximate surface area is 809 Å². The summed E-state index contributed by atoms with van der Waals surface area (Å²) >= 11 is 0. The number of benzene rings is 22. The molecule has 10 aromatic heterocycles. The highest BCUT2D eigenvalue weighted by Crippen LogP contribution is 2.48. The second-order valence-electron chi connectivity index (χ2n) is 37.2. The standard InChI is InChI=1S/C48H28N2O2.2C42H25NO2/c1-2-11-31(12-3-1)49-40-17-7-4-13-32(40)36-25-29(21-23-41(36)49)30-22-24-42-37(26-30)38-28-47-39(34-15-6-8-19-45(34)51-47)27-44(38)50(42)43-18-10-16-35-33-14-5-9-20-46(33)52-48(35)43;1-4-13-37-31(8-1)35-25-41-36(33-10-3-5-14-39(33)44-41)24-38(35)43(37)29-22-20-27(21-23-29)26-16-18-28(19-17-26)30-11-7-12-34-32-9-2-6-15-40(32)45-42(30)34;1-4-10-37-31(7-1)34-25-42-36(33-9-3-6-12-40(33)45-42)24-38(34)43(37)30-20-17-27(18-21-30)26-13-15-28(16-14-26)29-19-22-41-35(23-29)32-8-2-5-11-39(32)44-41/h1-28H;2*1-25H. The highest BCUT2D eigenvalue weighted by molar-refractivity contribution is 6.23. The van der Waals surface area contributed by atoms with Gasteiger partial charge in [-0.15, -0.1) is 0 Å². The van der Waals surface area contributed by atoms with Gasteiger partial charge in [0.15, 0.2) is 5.58 Å². The SMILES string of the molecule is c1ccc(-n2c3ccccc3c3cc(-c4ccc5c(c4)c4cc6oc7ccccc7c6cc4n5-c4cccc5c4oc4ccccc45)ccc32)cc1.c1ccc2c(c1)oc1cc3c4ccccc4n(-c4ccc(-c5ccc(-c6cccc7c6oc6ccccc67)cc5)cc4)c3cc12.c1ccc2c(c1)oc1ccc(-c3ccc(-c4ccc(-n5c6ccccc6c6cc7oc8ccccc8c7cc65)cc4)cc3)cc12. The van der Waals surface area contributed by atoms with Gasteiger partial charge in [-0.1, -0.05) is 303 Å². The van der Waals surface area contributed by atoms with Gasteiger partial charge in [0.25, 0.3) is 0 Å². The number of nitrogens with zero attached hydrogens (tertiary/aromatic N) is 4. The van der Waals surface area contributed by atoms with Gasteiger partial charge in [-0.25, -0.2) is 0 Å². The van der Waals surface area contributed by atoms with Crippen molar-refractivity contribution >= 4 is 219 Å². The Morgan fingerprint density at radius 3 is 0.838 bits per heavy atom. The molecule has 0 radical (unpaired) electrons. The lowest BCUT2D eigenvalue weighted by molar-refractivity contribution is 0.666. The van der Waals surface area contributed by atoms with E-state index in [9.17, 15) is 0 Å². The first-order valence-corrected chi connectivity index (χ1v) is 48.2. The van der Waals surface area contributed by atoms with Crippen LogP contribution in [0.15, 0.2) is 500 Å². The average Bonchev–Trinajstić information content (AvgIpc) is 1.56. The van der Waals surface area contributed by atoms with Crippen LogP contribution in [0.2, 0.25) is 0 Å². The first kappa shape index (κ1) is 79.1. The van der Waals surface area contributed by atoms with Crippen molar-refractivity contribution in [2.75, 3.05) is 0 Å². The van der Waals surface area contributed by atoms with Crippen molar-refractivity contribution in [3.05, 3.63) is 473 Å². The molecule has 0 N–H and O–H groups in total. The number of para-hydroxylation sites is 12. The van der Waals surface area contributed by atoms with E-state index in [0.29, 0.717) is 0 Å². The number of hydrogen-bond acceptors (Lipinski definition) is 6. The Balaban J connectivity index is 0.000000100. The minimum Gasteiger partial charge on any atom is -0.456 e. The van der Waals surface area contributed by atoms with E-state index in [2.05, 4.69) is 419 Å². The van der Waals surface area contributed by atoms with Gasteiger partial charge < -0.3 is 44.8 Å². The van der Waals surface area contributed by atoms with Gasteiger partial charge in [-0.05, 0) is 220 Å². The zero-order chi connectivity index (χ0) is 92.9. The molecule has 32 aromatic rings. The number of fused-ring (bicyclic) bond motifs is 30. The summed E-state index contributed by atoms with van der Waals surface area (Å²) in [6.45, 7) is 0. The zero-order valence-electron chi connectivity index (χ0n) is 76.3. The number of rotatable bonds is 9. The van der Waals surface area contributed by atoms with Crippen molar-refractivity contribution in [2.45, 2.75) is 0 Å². The van der Waals surface area contributed by atoms with Gasteiger partial charge >= 0.3 is 0 Å². The Kier molecular flexibility index (Phi) is 17.4. The molecule has 10 nitrogen and oxygen atoms in total. The van der Waals surface area contributed by atoms with Crippen molar-refractivity contribution in [1.82, 2.24) is 18.3 Å². The smallest absolute Gasteiger partial charge is 0.159 e. The average molecular weight is 1820 g/mol. The van der Waals surface area contributed by atoms with Crippen LogP contribution in [0.5, 0.6) is 0 Å². The third kappa shape index (κ3) is 12.4. The van der Waals surface area contributed by atoms with Crippen LogP contribution in [-0.2, 0) is 0 Å². The van der Waals surface area contributed by atoms with Crippen LogP contribution in [-0.4, -0.2) is 18.3 Å². The fourth-order valence-corrected chi connectivity index (χ4v) is 22.7. The maximum absolute atomic E-state index is 6.61. The van der Waals surface area contributed by atoms with Gasteiger partial charge in [0, 0.05) is 130 Å². The molecule has 0 bridgehead atoms. The van der Waals surface area contributed by atoms with Crippen molar-refractivity contribution in [1.29, 1.82) is 0 Å². The van der Waals surface area contributed by atoms with Gasteiger partial charge in [-0.2, -0.15) is 0 Å². The van der Waals surface area contributed by atoms with Crippen LogP contribution in [0.3, 0.4) is 0 Å². The lowest BCUT2D eigenvalue weighted by Crippen LogP contribution is -1.94. The molecule has 0 unspecified atom stereocenters. The predicted molar refractivity (Wildman–Crippen MR) is 588 cm³/mol. The number of hydrogen-bond donors (Lipinski definition) is 0. The van der Waals surface area contributed by atoms with E-state index in [-0.39, 0.29) is 0 Å². The summed E-state index contributed by atoms with van der Waals surface area (Å²) in [5.41, 5.74) is 36.4. The van der Waals surface area contributed by atoms with Crippen molar-refractivity contribution < 1.29 is 26.5 Å². The quantitative estimate of drug-likeness (QED) is 0.143. The first-order valence-electron chi connectivity index (χ1n) is 48.2. The monoisotopic (exact) mass is 1810 g/mol. The molecule has 32 rings (SSSR count). The molecule has 0 fully saturated rings. The molecule has 10 heterocycles. The third-order valence-corrected chi connectivity index (χ3v) is 29.4. The van der Waals surface area contributed by atoms with E-state index in [1.54, 1.807) is 0 Å². The summed E-state index contributed by atoms with van der Waals surface area (Å²) < 4.78 is 47.3. The van der Waals surface area contributed by atoms with Crippen LogP contribution in [0.1, 0.15) is 0 Å². The van der Waals surface area contributed by atoms with E-state index in [1.807, 2.05) is 72.8 Å². The molecule has 0 spiro atoms.